The van der Waals surface area contributed by atoms with Gasteiger partial charge in [0.15, 0.2) is 5.96 Å². The maximum absolute atomic E-state index is 4.62. The molecule has 1 aromatic carbocycles. The minimum atomic E-state index is 0.737. The van der Waals surface area contributed by atoms with Crippen molar-refractivity contribution in [2.45, 2.75) is 45.6 Å². The highest BCUT2D eigenvalue weighted by atomic mass is 32.1. The fourth-order valence-corrected chi connectivity index (χ4v) is 5.53. The summed E-state index contributed by atoms with van der Waals surface area (Å²) < 4.78 is 0. The number of aryl methyl sites for hydroxylation is 1. The van der Waals surface area contributed by atoms with Gasteiger partial charge in [-0.1, -0.05) is 30.3 Å². The van der Waals surface area contributed by atoms with E-state index in [2.05, 4.69) is 67.7 Å². The molecule has 0 spiro atoms. The minimum absolute atomic E-state index is 0.737. The molecule has 2 fully saturated rings. The molecular weight excluding hydrogens is 402 g/mol. The predicted molar refractivity (Wildman–Crippen MR) is 131 cm³/mol. The lowest BCUT2D eigenvalue weighted by molar-refractivity contribution is 0.175. The van der Waals surface area contributed by atoms with Crippen LogP contribution in [0.1, 0.15) is 41.9 Å². The van der Waals surface area contributed by atoms with E-state index in [1.165, 1.54) is 61.5 Å². The Hall–Kier alpha value is -1.92. The van der Waals surface area contributed by atoms with E-state index in [1.807, 2.05) is 7.05 Å². The Bertz CT molecular complexity index is 817. The van der Waals surface area contributed by atoms with E-state index < -0.39 is 0 Å². The fourth-order valence-electron chi connectivity index (χ4n) is 4.92. The van der Waals surface area contributed by atoms with E-state index in [9.17, 15) is 0 Å². The lowest BCUT2D eigenvalue weighted by Crippen LogP contribution is -2.47. The van der Waals surface area contributed by atoms with Crippen LogP contribution in [0.25, 0.3) is 0 Å². The van der Waals surface area contributed by atoms with Crippen molar-refractivity contribution < 1.29 is 0 Å². The van der Waals surface area contributed by atoms with Crippen LogP contribution in [0.3, 0.4) is 0 Å². The van der Waals surface area contributed by atoms with Crippen molar-refractivity contribution in [1.82, 2.24) is 20.1 Å². The summed E-state index contributed by atoms with van der Waals surface area (Å²) in [6, 6.07) is 10.9. The molecule has 168 valence electrons. The number of aromatic nitrogens is 1. The van der Waals surface area contributed by atoms with Crippen LogP contribution in [0.4, 0.5) is 0 Å². The molecule has 1 N–H and O–H groups in total. The van der Waals surface area contributed by atoms with Crippen LogP contribution >= 0.6 is 11.3 Å². The molecule has 2 aliphatic rings. The van der Waals surface area contributed by atoms with E-state index in [-0.39, 0.29) is 0 Å². The largest absolute Gasteiger partial charge is 0.356 e. The molecule has 0 bridgehead atoms. The van der Waals surface area contributed by atoms with Crippen molar-refractivity contribution in [1.29, 1.82) is 0 Å². The highest BCUT2D eigenvalue weighted by Gasteiger charge is 2.24. The van der Waals surface area contributed by atoms with Crippen molar-refractivity contribution in [2.24, 2.45) is 16.8 Å². The summed E-state index contributed by atoms with van der Waals surface area (Å²) in [5.41, 5.74) is 2.70. The standard InChI is InChI=1S/C25H37N5S/c1-20-28-24(19-31-20)18-29-12-8-23(9-13-29)17-27-25(26-2)30-14-10-22(11-15-30)16-21-6-4-3-5-7-21/h3-7,19,22-23H,8-18H2,1-2H3,(H,26,27). The SMILES string of the molecule is CN=C(NCC1CCN(Cc2csc(C)n2)CC1)N1CCC(Cc2ccccc2)CC1. The summed E-state index contributed by atoms with van der Waals surface area (Å²) in [5, 5.41) is 7.06. The Morgan fingerprint density at radius 2 is 1.77 bits per heavy atom. The molecule has 4 rings (SSSR count). The summed E-state index contributed by atoms with van der Waals surface area (Å²) in [6.45, 7) is 8.71. The Morgan fingerprint density at radius 1 is 1.06 bits per heavy atom. The van der Waals surface area contributed by atoms with E-state index in [4.69, 9.17) is 0 Å². The van der Waals surface area contributed by atoms with Gasteiger partial charge in [0.1, 0.15) is 0 Å². The molecule has 6 heteroatoms. The number of nitrogens with zero attached hydrogens (tertiary/aromatic N) is 4. The number of aliphatic imine (C=N–C) groups is 1. The van der Waals surface area contributed by atoms with Crippen LogP contribution in [0, 0.1) is 18.8 Å². The third-order valence-electron chi connectivity index (χ3n) is 6.80. The molecule has 31 heavy (non-hydrogen) atoms. The first-order valence-electron chi connectivity index (χ1n) is 11.8. The van der Waals surface area contributed by atoms with Crippen LogP contribution in [-0.2, 0) is 13.0 Å². The minimum Gasteiger partial charge on any atom is -0.356 e. The topological polar surface area (TPSA) is 43.8 Å². The van der Waals surface area contributed by atoms with Gasteiger partial charge in [0.25, 0.3) is 0 Å². The van der Waals surface area contributed by atoms with E-state index in [0.717, 1.165) is 44.0 Å². The summed E-state index contributed by atoms with van der Waals surface area (Å²) in [7, 11) is 1.93. The normalized spacial score (nSPS) is 19.7. The highest BCUT2D eigenvalue weighted by molar-refractivity contribution is 7.09. The quantitative estimate of drug-likeness (QED) is 0.541. The molecule has 0 atom stereocenters. The van der Waals surface area contributed by atoms with Gasteiger partial charge >= 0.3 is 0 Å². The van der Waals surface area contributed by atoms with Gasteiger partial charge in [-0.15, -0.1) is 11.3 Å². The first-order chi connectivity index (χ1) is 15.2. The van der Waals surface area contributed by atoms with Crippen molar-refractivity contribution >= 4 is 17.3 Å². The second-order valence-electron chi connectivity index (χ2n) is 9.13. The number of likely N-dealkylation sites (tertiary alicyclic amines) is 2. The van der Waals surface area contributed by atoms with Gasteiger partial charge < -0.3 is 10.2 Å². The number of thiazole rings is 1. The predicted octanol–water partition coefficient (Wildman–Crippen LogP) is 4.19. The smallest absolute Gasteiger partial charge is 0.193 e. The third kappa shape index (κ3) is 6.53. The van der Waals surface area contributed by atoms with E-state index >= 15 is 0 Å². The molecule has 2 saturated heterocycles. The van der Waals surface area contributed by atoms with Gasteiger partial charge in [-0.05, 0) is 69.5 Å². The molecule has 5 nitrogen and oxygen atoms in total. The van der Waals surface area contributed by atoms with Crippen molar-refractivity contribution in [3.05, 3.63) is 52.0 Å². The summed E-state index contributed by atoms with van der Waals surface area (Å²) in [4.78, 5) is 14.2. The van der Waals surface area contributed by atoms with Gasteiger partial charge in [0.05, 0.1) is 10.7 Å². The summed E-state index contributed by atoms with van der Waals surface area (Å²) in [5.74, 6) is 2.63. The van der Waals surface area contributed by atoms with Crippen LogP contribution in [0.15, 0.2) is 40.7 Å². The number of nitrogens with one attached hydrogen (secondary N) is 1. The molecule has 0 amide bonds. The second kappa shape index (κ2) is 11.1. The van der Waals surface area contributed by atoms with Gasteiger partial charge in [0.2, 0.25) is 0 Å². The van der Waals surface area contributed by atoms with Crippen LogP contribution < -0.4 is 5.32 Å². The Balaban J connectivity index is 1.16. The van der Waals surface area contributed by atoms with E-state index in [0.29, 0.717) is 0 Å². The Morgan fingerprint density at radius 3 is 2.42 bits per heavy atom. The number of guanidine groups is 1. The zero-order chi connectivity index (χ0) is 21.5. The summed E-state index contributed by atoms with van der Waals surface area (Å²) in [6.07, 6.45) is 6.23. The van der Waals surface area contributed by atoms with Gasteiger partial charge in [-0.2, -0.15) is 0 Å². The van der Waals surface area contributed by atoms with Crippen molar-refractivity contribution in [3.8, 4) is 0 Å². The van der Waals surface area contributed by atoms with Gasteiger partial charge in [-0.3, -0.25) is 9.89 Å². The molecule has 2 aliphatic heterocycles. The first-order valence-corrected chi connectivity index (χ1v) is 12.7. The maximum Gasteiger partial charge on any atom is 0.193 e. The lowest BCUT2D eigenvalue weighted by atomic mass is 9.90. The zero-order valence-electron chi connectivity index (χ0n) is 19.1. The lowest BCUT2D eigenvalue weighted by Gasteiger charge is -2.36. The molecule has 2 aromatic rings. The number of hydrogen-bond donors (Lipinski definition) is 1. The number of piperidine rings is 2. The number of benzene rings is 1. The zero-order valence-corrected chi connectivity index (χ0v) is 19.9. The van der Waals surface area contributed by atoms with Crippen LogP contribution in [0.2, 0.25) is 0 Å². The van der Waals surface area contributed by atoms with Crippen molar-refractivity contribution in [2.75, 3.05) is 39.8 Å². The molecular formula is C25H37N5S. The number of rotatable bonds is 6. The third-order valence-corrected chi connectivity index (χ3v) is 7.62. The molecule has 0 radical (unpaired) electrons. The first kappa shape index (κ1) is 22.3. The molecule has 1 aromatic heterocycles. The Kier molecular flexibility index (Phi) is 7.97. The molecule has 0 aliphatic carbocycles. The van der Waals surface area contributed by atoms with Gasteiger partial charge in [0, 0.05) is 38.6 Å². The fraction of sp³-hybridized carbons (Fsp3) is 0.600. The second-order valence-corrected chi connectivity index (χ2v) is 10.2. The molecule has 0 unspecified atom stereocenters. The average Bonchev–Trinajstić information content (AvgIpc) is 3.21. The van der Waals surface area contributed by atoms with Gasteiger partial charge in [-0.25, -0.2) is 4.98 Å². The summed E-state index contributed by atoms with van der Waals surface area (Å²) >= 11 is 1.76. The van der Waals surface area contributed by atoms with Crippen LogP contribution in [0.5, 0.6) is 0 Å². The average molecular weight is 440 g/mol. The number of hydrogen-bond acceptors (Lipinski definition) is 4. The maximum atomic E-state index is 4.62. The highest BCUT2D eigenvalue weighted by Crippen LogP contribution is 2.22. The van der Waals surface area contributed by atoms with E-state index in [1.54, 1.807) is 11.3 Å². The van der Waals surface area contributed by atoms with Crippen molar-refractivity contribution in [3.63, 3.8) is 0 Å². The molecule has 3 heterocycles. The monoisotopic (exact) mass is 439 g/mol. The Labute approximate surface area is 191 Å². The van der Waals surface area contributed by atoms with Crippen LogP contribution in [-0.4, -0.2) is 60.5 Å². The molecule has 0 saturated carbocycles.